The van der Waals surface area contributed by atoms with Crippen molar-refractivity contribution in [1.82, 2.24) is 4.90 Å². The van der Waals surface area contributed by atoms with Crippen molar-refractivity contribution in [2.24, 2.45) is 5.41 Å². The number of hydrogen-bond donors (Lipinski definition) is 1. The highest BCUT2D eigenvalue weighted by Crippen LogP contribution is 2.41. The summed E-state index contributed by atoms with van der Waals surface area (Å²) in [7, 11) is 1.85. The summed E-state index contributed by atoms with van der Waals surface area (Å²) in [5, 5.41) is 3.48. The standard InChI is InChI=1S/C27H32N4O4/c1-18-25(32)29(2)23-8-7-21(13-24(23)31(18)22-9-11-34-12-10-22)28-20-5-3-19(4-6-20)26(33)30-14-27(15-30)16-35-17-27/h3-8,13,18,22,28H,9-12,14-17H2,1-2H3/t18-/m1/s1. The van der Waals surface area contributed by atoms with Crippen LogP contribution in [0.5, 0.6) is 0 Å². The molecule has 4 aliphatic rings. The van der Waals surface area contributed by atoms with Gasteiger partial charge in [-0.3, -0.25) is 9.59 Å². The van der Waals surface area contributed by atoms with Gasteiger partial charge in [-0.25, -0.2) is 0 Å². The summed E-state index contributed by atoms with van der Waals surface area (Å²) in [6.45, 7) is 6.57. The molecule has 1 atom stereocenters. The van der Waals surface area contributed by atoms with E-state index in [4.69, 9.17) is 9.47 Å². The van der Waals surface area contributed by atoms with Crippen molar-refractivity contribution in [3.8, 4) is 0 Å². The molecule has 6 rings (SSSR count). The Hall–Kier alpha value is -3.10. The number of likely N-dealkylation sites (N-methyl/N-ethyl adjacent to an activating group) is 1. The smallest absolute Gasteiger partial charge is 0.253 e. The molecule has 0 bridgehead atoms. The highest BCUT2D eigenvalue weighted by molar-refractivity contribution is 6.05. The van der Waals surface area contributed by atoms with Gasteiger partial charge in [-0.2, -0.15) is 0 Å². The number of anilines is 4. The number of nitrogens with one attached hydrogen (secondary N) is 1. The van der Waals surface area contributed by atoms with Gasteiger partial charge >= 0.3 is 0 Å². The number of amides is 2. The van der Waals surface area contributed by atoms with Crippen LogP contribution in [0, 0.1) is 5.41 Å². The average molecular weight is 477 g/mol. The number of ether oxygens (including phenoxy) is 2. The number of likely N-dealkylation sites (tertiary alicyclic amines) is 1. The van der Waals surface area contributed by atoms with Crippen molar-refractivity contribution < 1.29 is 19.1 Å². The monoisotopic (exact) mass is 476 g/mol. The highest BCUT2D eigenvalue weighted by atomic mass is 16.5. The highest BCUT2D eigenvalue weighted by Gasteiger charge is 2.50. The second-order valence-electron chi connectivity index (χ2n) is 10.4. The van der Waals surface area contributed by atoms with Crippen molar-refractivity contribution in [2.75, 3.05) is 61.7 Å². The van der Waals surface area contributed by atoms with E-state index in [1.807, 2.05) is 55.3 Å². The zero-order valence-electron chi connectivity index (χ0n) is 20.3. The van der Waals surface area contributed by atoms with Gasteiger partial charge in [0.25, 0.3) is 5.91 Å². The van der Waals surface area contributed by atoms with Crippen molar-refractivity contribution in [2.45, 2.75) is 31.8 Å². The minimum absolute atomic E-state index is 0.0802. The fourth-order valence-electron chi connectivity index (χ4n) is 5.82. The lowest BCUT2D eigenvalue weighted by Crippen LogP contribution is -2.67. The summed E-state index contributed by atoms with van der Waals surface area (Å²) in [5.41, 5.74) is 4.78. The second kappa shape index (κ2) is 8.53. The quantitative estimate of drug-likeness (QED) is 0.730. The van der Waals surface area contributed by atoms with Crippen molar-refractivity contribution in [3.05, 3.63) is 48.0 Å². The molecule has 0 aromatic heterocycles. The second-order valence-corrected chi connectivity index (χ2v) is 10.4. The van der Waals surface area contributed by atoms with Crippen LogP contribution in [-0.2, 0) is 14.3 Å². The molecule has 3 saturated heterocycles. The van der Waals surface area contributed by atoms with E-state index in [0.29, 0.717) is 5.56 Å². The third-order valence-electron chi connectivity index (χ3n) is 7.88. The first-order valence-electron chi connectivity index (χ1n) is 12.5. The number of hydrogen-bond acceptors (Lipinski definition) is 6. The number of benzene rings is 2. The molecule has 1 spiro atoms. The summed E-state index contributed by atoms with van der Waals surface area (Å²) >= 11 is 0. The van der Waals surface area contributed by atoms with Crippen LogP contribution >= 0.6 is 0 Å². The van der Waals surface area contributed by atoms with E-state index in [9.17, 15) is 9.59 Å². The first-order valence-corrected chi connectivity index (χ1v) is 12.5. The number of nitrogens with zero attached hydrogens (tertiary/aromatic N) is 3. The molecular formula is C27H32N4O4. The van der Waals surface area contributed by atoms with Crippen LogP contribution in [-0.4, -0.2) is 75.4 Å². The summed E-state index contributed by atoms with van der Waals surface area (Å²) in [6.07, 6.45) is 1.83. The van der Waals surface area contributed by atoms with Gasteiger partial charge in [0, 0.05) is 56.3 Å². The number of fused-ring (bicyclic) bond motifs is 1. The van der Waals surface area contributed by atoms with E-state index < -0.39 is 0 Å². The lowest BCUT2D eigenvalue weighted by Gasteiger charge is -2.54. The van der Waals surface area contributed by atoms with Crippen LogP contribution in [0.15, 0.2) is 42.5 Å². The Bertz CT molecular complexity index is 1130. The largest absolute Gasteiger partial charge is 0.381 e. The minimum atomic E-state index is -0.219. The fourth-order valence-corrected chi connectivity index (χ4v) is 5.82. The molecule has 4 heterocycles. The van der Waals surface area contributed by atoms with Gasteiger partial charge in [-0.1, -0.05) is 0 Å². The lowest BCUT2D eigenvalue weighted by atomic mass is 9.78. The van der Waals surface area contributed by atoms with E-state index in [2.05, 4.69) is 16.3 Å². The molecule has 184 valence electrons. The van der Waals surface area contributed by atoms with Crippen LogP contribution in [0.4, 0.5) is 22.7 Å². The van der Waals surface area contributed by atoms with Gasteiger partial charge in [0.1, 0.15) is 6.04 Å². The zero-order chi connectivity index (χ0) is 24.2. The van der Waals surface area contributed by atoms with E-state index in [0.717, 1.165) is 75.1 Å². The molecule has 0 saturated carbocycles. The predicted molar refractivity (Wildman–Crippen MR) is 135 cm³/mol. The zero-order valence-corrected chi connectivity index (χ0v) is 20.3. The number of carbonyl (C=O) groups excluding carboxylic acids is 2. The molecule has 2 aromatic rings. The minimum Gasteiger partial charge on any atom is -0.381 e. The Morgan fingerprint density at radius 1 is 0.971 bits per heavy atom. The van der Waals surface area contributed by atoms with Gasteiger partial charge in [0.2, 0.25) is 5.91 Å². The van der Waals surface area contributed by atoms with Gasteiger partial charge in [0.05, 0.1) is 30.0 Å². The van der Waals surface area contributed by atoms with Crippen molar-refractivity contribution in [3.63, 3.8) is 0 Å². The molecular weight excluding hydrogens is 444 g/mol. The summed E-state index contributed by atoms with van der Waals surface area (Å²) in [6, 6.07) is 13.9. The van der Waals surface area contributed by atoms with Crippen LogP contribution in [0.25, 0.3) is 0 Å². The Kier molecular flexibility index (Phi) is 5.45. The lowest BCUT2D eigenvalue weighted by molar-refractivity contribution is -0.176. The fraction of sp³-hybridized carbons (Fsp3) is 0.481. The molecule has 2 amide bonds. The molecule has 8 nitrogen and oxygen atoms in total. The molecule has 8 heteroatoms. The maximum Gasteiger partial charge on any atom is 0.253 e. The van der Waals surface area contributed by atoms with Crippen LogP contribution in [0.3, 0.4) is 0 Å². The van der Waals surface area contributed by atoms with Crippen LogP contribution in [0.2, 0.25) is 0 Å². The number of carbonyl (C=O) groups is 2. The van der Waals surface area contributed by atoms with Gasteiger partial charge in [-0.05, 0) is 62.2 Å². The van der Waals surface area contributed by atoms with Gasteiger partial charge in [-0.15, -0.1) is 0 Å². The SMILES string of the molecule is C[C@@H]1C(=O)N(C)c2ccc(Nc3ccc(C(=O)N4CC5(COC5)C4)cc3)cc2N1C1CCOCC1. The summed E-state index contributed by atoms with van der Waals surface area (Å²) in [5.74, 6) is 0.194. The molecule has 2 aromatic carbocycles. The van der Waals surface area contributed by atoms with Crippen LogP contribution < -0.4 is 15.1 Å². The van der Waals surface area contributed by atoms with Crippen molar-refractivity contribution in [1.29, 1.82) is 0 Å². The molecule has 4 aliphatic heterocycles. The molecule has 3 fully saturated rings. The molecule has 0 aliphatic carbocycles. The van der Waals surface area contributed by atoms with Gasteiger partial charge < -0.3 is 29.5 Å². The third-order valence-corrected chi connectivity index (χ3v) is 7.88. The topological polar surface area (TPSA) is 74.4 Å². The molecule has 1 N–H and O–H groups in total. The number of rotatable bonds is 4. The Morgan fingerprint density at radius 3 is 2.31 bits per heavy atom. The molecule has 0 unspecified atom stereocenters. The first-order chi connectivity index (χ1) is 16.9. The van der Waals surface area contributed by atoms with E-state index in [1.54, 1.807) is 4.90 Å². The summed E-state index contributed by atoms with van der Waals surface area (Å²) in [4.78, 5) is 31.6. The van der Waals surface area contributed by atoms with Gasteiger partial charge in [0.15, 0.2) is 0 Å². The Labute approximate surface area is 205 Å². The third kappa shape index (κ3) is 3.85. The molecule has 0 radical (unpaired) electrons. The predicted octanol–water partition coefficient (Wildman–Crippen LogP) is 3.25. The van der Waals surface area contributed by atoms with E-state index >= 15 is 0 Å². The first kappa shape index (κ1) is 22.4. The van der Waals surface area contributed by atoms with Crippen LogP contribution in [0.1, 0.15) is 30.1 Å². The Morgan fingerprint density at radius 2 is 1.66 bits per heavy atom. The van der Waals surface area contributed by atoms with E-state index in [-0.39, 0.29) is 29.3 Å². The normalized spacial score (nSPS) is 23.5. The van der Waals surface area contributed by atoms with E-state index in [1.165, 1.54) is 0 Å². The summed E-state index contributed by atoms with van der Waals surface area (Å²) < 4.78 is 10.9. The maximum absolute atomic E-state index is 12.9. The maximum atomic E-state index is 12.9. The average Bonchev–Trinajstić information content (AvgIpc) is 2.82. The Balaban J connectivity index is 1.19. The molecule has 35 heavy (non-hydrogen) atoms. The van der Waals surface area contributed by atoms with Crippen molar-refractivity contribution >= 4 is 34.6 Å².